The van der Waals surface area contributed by atoms with Gasteiger partial charge in [0.25, 0.3) is 0 Å². The largest absolute Gasteiger partial charge is 0.491 e. The summed E-state index contributed by atoms with van der Waals surface area (Å²) in [7, 11) is 0. The van der Waals surface area contributed by atoms with Crippen molar-refractivity contribution in [3.63, 3.8) is 0 Å². The number of nitrogens with zero attached hydrogens (tertiary/aromatic N) is 6. The van der Waals surface area contributed by atoms with Crippen LogP contribution in [0.1, 0.15) is 50.4 Å². The van der Waals surface area contributed by atoms with Crippen molar-refractivity contribution in [3.8, 4) is 5.75 Å². The maximum absolute atomic E-state index is 15.2. The molecule has 11 heteroatoms. The van der Waals surface area contributed by atoms with E-state index in [1.54, 1.807) is 10.7 Å². The molecule has 0 saturated carbocycles. The first-order valence-electron chi connectivity index (χ1n) is 17.9. The average molecular weight is 697 g/mol. The molecule has 1 amide bonds. The molecular formula is C40H49FN6O4. The fraction of sp³-hybridized carbons (Fsp3) is 0.425. The lowest BCUT2D eigenvalue weighted by Crippen LogP contribution is -2.46. The third-order valence-corrected chi connectivity index (χ3v) is 9.62. The van der Waals surface area contributed by atoms with Gasteiger partial charge < -0.3 is 24.0 Å². The predicted molar refractivity (Wildman–Crippen MR) is 199 cm³/mol. The number of rotatable bonds is 13. The van der Waals surface area contributed by atoms with Gasteiger partial charge in [0.05, 0.1) is 24.5 Å². The summed E-state index contributed by atoms with van der Waals surface area (Å²) in [5.74, 6) is -0.529. The van der Waals surface area contributed by atoms with E-state index in [0.717, 1.165) is 73.1 Å². The highest BCUT2D eigenvalue weighted by Crippen LogP contribution is 2.38. The Morgan fingerprint density at radius 1 is 1.04 bits per heavy atom. The number of carbonyl (C=O) groups excluding carboxylic acids is 1. The minimum Gasteiger partial charge on any atom is -0.491 e. The average Bonchev–Trinajstić information content (AvgIpc) is 3.74. The van der Waals surface area contributed by atoms with Crippen molar-refractivity contribution in [3.05, 3.63) is 102 Å². The third-order valence-electron chi connectivity index (χ3n) is 9.62. The Hall–Kier alpha value is -4.74. The Morgan fingerprint density at radius 2 is 1.71 bits per heavy atom. The molecule has 51 heavy (non-hydrogen) atoms. The van der Waals surface area contributed by atoms with Crippen molar-refractivity contribution < 1.29 is 23.4 Å². The van der Waals surface area contributed by atoms with Gasteiger partial charge in [0.15, 0.2) is 0 Å². The van der Waals surface area contributed by atoms with Gasteiger partial charge in [-0.1, -0.05) is 32.4 Å². The number of anilines is 3. The number of hydrogen-bond donors (Lipinski definition) is 0. The molecule has 0 radical (unpaired) electrons. The third kappa shape index (κ3) is 8.77. The van der Waals surface area contributed by atoms with Crippen molar-refractivity contribution in [1.29, 1.82) is 0 Å². The zero-order valence-corrected chi connectivity index (χ0v) is 30.3. The lowest BCUT2D eigenvalue weighted by molar-refractivity contribution is -0.192. The SMILES string of the molecule is CCC(C)C/C=N\N(C(C)=O)c1ccc(N2CCN(c3ccc(OCC4COC(Cn5ccc(C)n5)(c5ccc(C)cc5F)O4)cc3)CC2)cc1. The van der Waals surface area contributed by atoms with Gasteiger partial charge in [0.2, 0.25) is 11.7 Å². The molecule has 0 aliphatic carbocycles. The summed E-state index contributed by atoms with van der Waals surface area (Å²) in [6.45, 7) is 13.9. The van der Waals surface area contributed by atoms with Crippen molar-refractivity contribution in [1.82, 2.24) is 9.78 Å². The summed E-state index contributed by atoms with van der Waals surface area (Å²) in [6.07, 6.45) is 5.21. The molecule has 3 aromatic carbocycles. The van der Waals surface area contributed by atoms with E-state index in [1.165, 1.54) is 18.0 Å². The first-order chi connectivity index (χ1) is 24.6. The molecule has 2 saturated heterocycles. The number of benzene rings is 3. The van der Waals surface area contributed by atoms with Gasteiger partial charge in [-0.05, 0) is 92.4 Å². The lowest BCUT2D eigenvalue weighted by atomic mass is 10.0. The quantitative estimate of drug-likeness (QED) is 0.109. The highest BCUT2D eigenvalue weighted by atomic mass is 19.1. The Bertz CT molecular complexity index is 1790. The number of halogens is 1. The second kappa shape index (κ2) is 16.1. The minimum absolute atomic E-state index is 0.109. The van der Waals surface area contributed by atoms with Crippen LogP contribution in [0.4, 0.5) is 21.5 Å². The van der Waals surface area contributed by atoms with Crippen LogP contribution >= 0.6 is 0 Å². The van der Waals surface area contributed by atoms with Crippen LogP contribution in [0.3, 0.4) is 0 Å². The van der Waals surface area contributed by atoms with E-state index >= 15 is 4.39 Å². The van der Waals surface area contributed by atoms with Crippen LogP contribution in [0, 0.1) is 25.6 Å². The van der Waals surface area contributed by atoms with Crippen LogP contribution < -0.4 is 19.5 Å². The van der Waals surface area contributed by atoms with E-state index in [2.05, 4.69) is 58.1 Å². The number of carbonyl (C=O) groups is 1. The highest BCUT2D eigenvalue weighted by Gasteiger charge is 2.46. The molecule has 2 fully saturated rings. The number of hydrogen-bond acceptors (Lipinski definition) is 8. The molecule has 2 aliphatic heterocycles. The molecular weight excluding hydrogens is 647 g/mol. The molecule has 2 aliphatic rings. The predicted octanol–water partition coefficient (Wildman–Crippen LogP) is 7.09. The topological polar surface area (TPSA) is 84.7 Å². The summed E-state index contributed by atoms with van der Waals surface area (Å²) in [4.78, 5) is 17.0. The van der Waals surface area contributed by atoms with Crippen LogP contribution in [0.25, 0.3) is 0 Å². The van der Waals surface area contributed by atoms with Gasteiger partial charge in [0.1, 0.15) is 24.3 Å². The van der Waals surface area contributed by atoms with Crippen LogP contribution in [0.15, 0.2) is 84.1 Å². The first-order valence-corrected chi connectivity index (χ1v) is 17.9. The number of ether oxygens (including phenoxy) is 3. The molecule has 0 spiro atoms. The van der Waals surface area contributed by atoms with E-state index in [0.29, 0.717) is 11.5 Å². The fourth-order valence-electron chi connectivity index (χ4n) is 6.42. The van der Waals surface area contributed by atoms with Gasteiger partial charge in [-0.3, -0.25) is 9.48 Å². The van der Waals surface area contributed by atoms with Crippen molar-refractivity contribution >= 4 is 29.2 Å². The molecule has 10 nitrogen and oxygen atoms in total. The molecule has 4 aromatic rings. The molecule has 3 atom stereocenters. The summed E-state index contributed by atoms with van der Waals surface area (Å²) < 4.78 is 35.7. The molecule has 1 aromatic heterocycles. The van der Waals surface area contributed by atoms with Gasteiger partial charge in [0, 0.05) is 62.5 Å². The Balaban J connectivity index is 1.01. The van der Waals surface area contributed by atoms with Crippen molar-refractivity contribution in [2.45, 2.75) is 65.9 Å². The highest BCUT2D eigenvalue weighted by molar-refractivity contribution is 5.92. The van der Waals surface area contributed by atoms with Crippen LogP contribution in [-0.2, 0) is 26.6 Å². The maximum atomic E-state index is 15.2. The molecule has 3 heterocycles. The second-order valence-corrected chi connectivity index (χ2v) is 13.6. The van der Waals surface area contributed by atoms with Crippen LogP contribution in [-0.4, -0.2) is 67.4 Å². The van der Waals surface area contributed by atoms with Crippen LogP contribution in [0.2, 0.25) is 0 Å². The van der Waals surface area contributed by atoms with E-state index in [4.69, 9.17) is 14.2 Å². The second-order valence-electron chi connectivity index (χ2n) is 13.6. The molecule has 0 N–H and O–H groups in total. The van der Waals surface area contributed by atoms with E-state index < -0.39 is 11.9 Å². The van der Waals surface area contributed by atoms with Crippen LogP contribution in [0.5, 0.6) is 5.75 Å². The summed E-state index contributed by atoms with van der Waals surface area (Å²) in [5, 5.41) is 10.4. The van der Waals surface area contributed by atoms with Crippen molar-refractivity contribution in [2.24, 2.45) is 11.0 Å². The zero-order chi connectivity index (χ0) is 36.0. The fourth-order valence-corrected chi connectivity index (χ4v) is 6.42. The number of aromatic nitrogens is 2. The maximum Gasteiger partial charge on any atom is 0.244 e. The van der Waals surface area contributed by atoms with Gasteiger partial charge in [-0.15, -0.1) is 0 Å². The summed E-state index contributed by atoms with van der Waals surface area (Å²) >= 11 is 0. The van der Waals surface area contributed by atoms with Gasteiger partial charge in [-0.2, -0.15) is 10.2 Å². The van der Waals surface area contributed by atoms with E-state index in [-0.39, 0.29) is 31.5 Å². The van der Waals surface area contributed by atoms with E-state index in [9.17, 15) is 4.79 Å². The number of amides is 1. The first kappa shape index (κ1) is 36.1. The zero-order valence-electron chi connectivity index (χ0n) is 30.3. The van der Waals surface area contributed by atoms with Crippen molar-refractivity contribution in [2.75, 3.05) is 54.2 Å². The minimum atomic E-state index is -1.31. The molecule has 0 bridgehead atoms. The van der Waals surface area contributed by atoms with E-state index in [1.807, 2.05) is 62.7 Å². The molecule has 270 valence electrons. The number of piperazine rings is 1. The Kier molecular flexibility index (Phi) is 11.4. The lowest BCUT2D eigenvalue weighted by Gasteiger charge is -2.37. The summed E-state index contributed by atoms with van der Waals surface area (Å²) in [5.41, 5.74) is 5.06. The Labute approximate surface area is 300 Å². The molecule has 3 unspecified atom stereocenters. The van der Waals surface area contributed by atoms with Gasteiger partial charge in [-0.25, -0.2) is 9.40 Å². The Morgan fingerprint density at radius 3 is 2.29 bits per heavy atom. The normalized spacial score (nSPS) is 19.8. The molecule has 6 rings (SSSR count). The number of hydrazone groups is 1. The standard InChI is InChI=1S/C40H49FN6O4/c1-6-29(2)17-19-42-47(32(5)48)35-10-8-33(9-11-35)44-21-23-45(24-22-44)34-12-14-36(15-13-34)49-26-37-27-50-40(51-37,28-46-20-18-31(4)43-46)38-16-7-30(3)25-39(38)41/h7-16,18-20,25,29,37H,6,17,21-24,26-28H2,1-5H3/b42-19-. The summed E-state index contributed by atoms with van der Waals surface area (Å²) in [6, 6.07) is 23.2. The van der Waals surface area contributed by atoms with Gasteiger partial charge >= 0.3 is 0 Å². The monoisotopic (exact) mass is 696 g/mol. The smallest absolute Gasteiger partial charge is 0.244 e. The number of aryl methyl sites for hydroxylation is 2.